The van der Waals surface area contributed by atoms with Crippen molar-refractivity contribution in [2.75, 3.05) is 57.1 Å². The smallest absolute Gasteiger partial charge is 0.298 e. The minimum atomic E-state index is -4.21. The molecular formula is C28H27N5O7S. The van der Waals surface area contributed by atoms with Crippen LogP contribution in [0.1, 0.15) is 0 Å². The van der Waals surface area contributed by atoms with Crippen LogP contribution < -0.4 is 23.8 Å². The maximum atomic E-state index is 13.4. The van der Waals surface area contributed by atoms with Gasteiger partial charge in [0.1, 0.15) is 28.5 Å². The van der Waals surface area contributed by atoms with Crippen LogP contribution in [-0.2, 0) is 14.8 Å². The monoisotopic (exact) mass is 577 g/mol. The van der Waals surface area contributed by atoms with Crippen molar-refractivity contribution in [3.05, 3.63) is 48.5 Å². The van der Waals surface area contributed by atoms with Crippen LogP contribution in [0.2, 0.25) is 0 Å². The minimum absolute atomic E-state index is 0.0579. The number of nitrogens with zero attached hydrogens (tertiary/aromatic N) is 4. The Labute approximate surface area is 236 Å². The zero-order valence-corrected chi connectivity index (χ0v) is 23.4. The Hall–Kier alpha value is -4.96. The van der Waals surface area contributed by atoms with Gasteiger partial charge in [0.05, 0.1) is 27.0 Å². The topological polar surface area (TPSA) is 136 Å². The van der Waals surface area contributed by atoms with Crippen LogP contribution in [-0.4, -0.2) is 76.9 Å². The van der Waals surface area contributed by atoms with E-state index in [1.54, 1.807) is 23.1 Å². The summed E-state index contributed by atoms with van der Waals surface area (Å²) >= 11 is 0. The SMILES string of the molecule is C#CC(=O)N1CCN(c2cccc(-c3cc(OC)c4c(NS(=O)(=O)c5c(OC)cccc5OC)noc4c3)n2)CC1. The second-order valence-electron chi connectivity index (χ2n) is 8.98. The van der Waals surface area contributed by atoms with Gasteiger partial charge in [0.15, 0.2) is 16.3 Å². The van der Waals surface area contributed by atoms with Gasteiger partial charge in [-0.25, -0.2) is 13.4 Å². The Morgan fingerprint density at radius 1 is 0.976 bits per heavy atom. The zero-order valence-electron chi connectivity index (χ0n) is 22.6. The van der Waals surface area contributed by atoms with Crippen molar-refractivity contribution in [3.63, 3.8) is 0 Å². The summed E-state index contributed by atoms with van der Waals surface area (Å²) in [5.41, 5.74) is 1.61. The van der Waals surface area contributed by atoms with Gasteiger partial charge < -0.3 is 28.5 Å². The third-order valence-electron chi connectivity index (χ3n) is 6.68. The highest BCUT2D eigenvalue weighted by molar-refractivity contribution is 7.93. The van der Waals surface area contributed by atoms with Gasteiger partial charge in [-0.05, 0) is 42.3 Å². The average Bonchev–Trinajstić information content (AvgIpc) is 3.41. The molecule has 0 unspecified atom stereocenters. The number of hydrogen-bond donors (Lipinski definition) is 1. The molecule has 0 aliphatic carbocycles. The van der Waals surface area contributed by atoms with Crippen molar-refractivity contribution < 1.29 is 31.9 Å². The molecule has 1 fully saturated rings. The van der Waals surface area contributed by atoms with E-state index < -0.39 is 10.0 Å². The van der Waals surface area contributed by atoms with Gasteiger partial charge in [0.25, 0.3) is 15.9 Å². The lowest BCUT2D eigenvalue weighted by Gasteiger charge is -2.34. The molecule has 1 saturated heterocycles. The Morgan fingerprint density at radius 3 is 2.27 bits per heavy atom. The van der Waals surface area contributed by atoms with Gasteiger partial charge in [0, 0.05) is 31.7 Å². The molecule has 12 nitrogen and oxygen atoms in total. The quantitative estimate of drug-likeness (QED) is 0.311. The molecule has 0 radical (unpaired) electrons. The summed E-state index contributed by atoms with van der Waals surface area (Å²) in [5, 5.41) is 4.31. The van der Waals surface area contributed by atoms with Crippen LogP contribution >= 0.6 is 0 Å². The molecular weight excluding hydrogens is 550 g/mol. The van der Waals surface area contributed by atoms with Gasteiger partial charge in [-0.2, -0.15) is 0 Å². The first-order chi connectivity index (χ1) is 19.8. The van der Waals surface area contributed by atoms with Crippen LogP contribution in [0.3, 0.4) is 0 Å². The number of aromatic nitrogens is 2. The van der Waals surface area contributed by atoms with E-state index in [0.717, 1.165) is 5.82 Å². The number of hydrogen-bond acceptors (Lipinski definition) is 10. The Balaban J connectivity index is 1.46. The lowest BCUT2D eigenvalue weighted by molar-refractivity contribution is -0.125. The second-order valence-corrected chi connectivity index (χ2v) is 10.6. The van der Waals surface area contributed by atoms with Crippen LogP contribution in [0.25, 0.3) is 22.2 Å². The van der Waals surface area contributed by atoms with Crippen molar-refractivity contribution in [1.29, 1.82) is 0 Å². The number of pyridine rings is 1. The van der Waals surface area contributed by atoms with Gasteiger partial charge in [0.2, 0.25) is 0 Å². The van der Waals surface area contributed by atoms with E-state index in [4.69, 9.17) is 30.1 Å². The molecule has 2 aromatic carbocycles. The van der Waals surface area contributed by atoms with Crippen LogP contribution in [0.4, 0.5) is 11.6 Å². The molecule has 3 heterocycles. The summed E-state index contributed by atoms with van der Waals surface area (Å²) in [5.74, 6) is 3.06. The highest BCUT2D eigenvalue weighted by Gasteiger charge is 2.28. The minimum Gasteiger partial charge on any atom is -0.496 e. The zero-order chi connectivity index (χ0) is 29.1. The number of rotatable bonds is 8. The van der Waals surface area contributed by atoms with Crippen molar-refractivity contribution in [3.8, 4) is 40.8 Å². The summed E-state index contributed by atoms with van der Waals surface area (Å²) in [4.78, 5) is 20.1. The molecule has 2 aromatic heterocycles. The molecule has 0 spiro atoms. The van der Waals surface area contributed by atoms with Crippen LogP contribution in [0.15, 0.2) is 57.9 Å². The van der Waals surface area contributed by atoms with Crippen molar-refractivity contribution in [1.82, 2.24) is 15.0 Å². The normalized spacial score (nSPS) is 13.5. The fourth-order valence-corrected chi connectivity index (χ4v) is 5.99. The first-order valence-corrected chi connectivity index (χ1v) is 14.0. The van der Waals surface area contributed by atoms with E-state index in [0.29, 0.717) is 48.6 Å². The first kappa shape index (κ1) is 27.6. The molecule has 0 bridgehead atoms. The maximum absolute atomic E-state index is 13.4. The summed E-state index contributed by atoms with van der Waals surface area (Å²) in [6.07, 6.45) is 5.24. The number of methoxy groups -OCH3 is 3. The number of carbonyl (C=O) groups is 1. The molecule has 5 rings (SSSR count). The Bertz CT molecular complexity index is 1730. The van der Waals surface area contributed by atoms with E-state index in [9.17, 15) is 13.2 Å². The lowest BCUT2D eigenvalue weighted by Crippen LogP contribution is -2.48. The number of nitrogens with one attached hydrogen (secondary N) is 1. The second kappa shape index (κ2) is 11.3. The van der Waals surface area contributed by atoms with Crippen LogP contribution in [0, 0.1) is 12.3 Å². The van der Waals surface area contributed by atoms with Crippen molar-refractivity contribution in [2.24, 2.45) is 0 Å². The molecule has 0 saturated carbocycles. The highest BCUT2D eigenvalue weighted by atomic mass is 32.2. The molecule has 13 heteroatoms. The number of anilines is 2. The molecule has 1 aliphatic heterocycles. The van der Waals surface area contributed by atoms with Gasteiger partial charge in [-0.3, -0.25) is 9.52 Å². The van der Waals surface area contributed by atoms with Crippen molar-refractivity contribution in [2.45, 2.75) is 4.90 Å². The van der Waals surface area contributed by atoms with Gasteiger partial charge >= 0.3 is 0 Å². The Morgan fingerprint density at radius 2 is 1.63 bits per heavy atom. The Kier molecular flexibility index (Phi) is 7.58. The predicted molar refractivity (Wildman–Crippen MR) is 152 cm³/mol. The highest BCUT2D eigenvalue weighted by Crippen LogP contribution is 2.39. The van der Waals surface area contributed by atoms with Crippen molar-refractivity contribution >= 4 is 38.5 Å². The number of fused-ring (bicyclic) bond motifs is 1. The first-order valence-electron chi connectivity index (χ1n) is 12.5. The number of benzene rings is 2. The van der Waals surface area contributed by atoms with E-state index in [1.807, 2.05) is 18.2 Å². The van der Waals surface area contributed by atoms with E-state index >= 15 is 0 Å². The largest absolute Gasteiger partial charge is 0.496 e. The predicted octanol–water partition coefficient (Wildman–Crippen LogP) is 3.00. The standard InChI is InChI=1S/C28H27N5O7S/c1-5-25(34)33-14-12-32(13-15-33)24-11-6-8-19(29-24)18-16-22(39-4)26-23(17-18)40-30-28(26)31-41(35,36)27-20(37-2)9-7-10-21(27)38-3/h1,6-11,16-17H,12-15H2,2-4H3,(H,30,31). The molecule has 1 N–H and O–H groups in total. The van der Waals surface area contributed by atoms with E-state index in [1.165, 1.54) is 33.5 Å². The molecule has 41 heavy (non-hydrogen) atoms. The summed E-state index contributed by atoms with van der Waals surface area (Å²) in [6.45, 7) is 2.20. The van der Waals surface area contributed by atoms with E-state index in [-0.39, 0.29) is 33.7 Å². The fraction of sp³-hybridized carbons (Fsp3) is 0.250. The molecule has 1 amide bonds. The van der Waals surface area contributed by atoms with Crippen LogP contribution in [0.5, 0.6) is 17.2 Å². The summed E-state index contributed by atoms with van der Waals surface area (Å²) in [7, 11) is -0.00548. The molecule has 1 aliphatic rings. The number of terminal acetylenes is 1. The number of sulfonamides is 1. The summed E-state index contributed by atoms with van der Waals surface area (Å²) in [6, 6.07) is 13.7. The fourth-order valence-electron chi connectivity index (χ4n) is 4.66. The number of piperazine rings is 1. The average molecular weight is 578 g/mol. The maximum Gasteiger partial charge on any atom is 0.298 e. The molecule has 4 aromatic rings. The molecule has 0 atom stereocenters. The molecule has 212 valence electrons. The van der Waals surface area contributed by atoms with E-state index in [2.05, 4.69) is 20.7 Å². The number of ether oxygens (including phenoxy) is 3. The third-order valence-corrected chi connectivity index (χ3v) is 8.09. The van der Waals surface area contributed by atoms with Gasteiger partial charge in [-0.15, -0.1) is 6.42 Å². The summed E-state index contributed by atoms with van der Waals surface area (Å²) < 4.78 is 51.0. The third kappa shape index (κ3) is 5.29. The van der Waals surface area contributed by atoms with Gasteiger partial charge in [-0.1, -0.05) is 17.3 Å². The lowest BCUT2D eigenvalue weighted by atomic mass is 10.1. The number of amides is 1. The number of carbonyl (C=O) groups excluding carboxylic acids is 1.